The second-order valence-electron chi connectivity index (χ2n) is 4.49. The molecule has 3 rings (SSSR count). The molecule has 0 aliphatic heterocycles. The third-order valence-electron chi connectivity index (χ3n) is 3.07. The summed E-state index contributed by atoms with van der Waals surface area (Å²) >= 11 is 3.31. The van der Waals surface area contributed by atoms with Crippen molar-refractivity contribution < 1.29 is 9.18 Å². The molecule has 0 unspecified atom stereocenters. The van der Waals surface area contributed by atoms with E-state index in [0.717, 1.165) is 4.47 Å². The normalized spacial score (nSPS) is 10.9. The molecular formula is C15H10BrFN2O. The highest BCUT2D eigenvalue weighted by Crippen LogP contribution is 2.24. The molecule has 3 aromatic rings. The van der Waals surface area contributed by atoms with Gasteiger partial charge < -0.3 is 10.7 Å². The number of H-pyrrole nitrogens is 1. The van der Waals surface area contributed by atoms with Crippen LogP contribution in [0.1, 0.15) is 15.9 Å². The monoisotopic (exact) mass is 332 g/mol. The third-order valence-corrected chi connectivity index (χ3v) is 3.53. The lowest BCUT2D eigenvalue weighted by Crippen LogP contribution is -2.01. The Bertz CT molecular complexity index is 806. The third kappa shape index (κ3) is 2.20. The van der Waals surface area contributed by atoms with Gasteiger partial charge in [0.15, 0.2) is 5.78 Å². The van der Waals surface area contributed by atoms with Crippen molar-refractivity contribution in [3.05, 3.63) is 64.0 Å². The molecule has 0 aliphatic rings. The summed E-state index contributed by atoms with van der Waals surface area (Å²) in [6, 6.07) is 9.34. The van der Waals surface area contributed by atoms with Crippen LogP contribution in [0.5, 0.6) is 0 Å². The first-order valence-electron chi connectivity index (χ1n) is 5.92. The number of halogens is 2. The summed E-state index contributed by atoms with van der Waals surface area (Å²) in [5.74, 6) is -0.499. The molecule has 0 aliphatic carbocycles. The van der Waals surface area contributed by atoms with Gasteiger partial charge >= 0.3 is 0 Å². The lowest BCUT2D eigenvalue weighted by atomic mass is 10.0. The number of nitrogens with one attached hydrogen (secondary N) is 1. The SMILES string of the molecule is Nc1cc(Br)cc(C(=O)c2c[nH]c3cc(F)ccc23)c1. The van der Waals surface area contributed by atoms with Gasteiger partial charge in [-0.1, -0.05) is 15.9 Å². The Kier molecular flexibility index (Phi) is 3.06. The number of anilines is 1. The van der Waals surface area contributed by atoms with Crippen molar-refractivity contribution in [1.29, 1.82) is 0 Å². The number of rotatable bonds is 2. The van der Waals surface area contributed by atoms with E-state index in [2.05, 4.69) is 20.9 Å². The van der Waals surface area contributed by atoms with Gasteiger partial charge in [0.05, 0.1) is 0 Å². The van der Waals surface area contributed by atoms with Crippen LogP contribution in [0.2, 0.25) is 0 Å². The first-order chi connectivity index (χ1) is 9.54. The van der Waals surface area contributed by atoms with E-state index >= 15 is 0 Å². The number of hydrogen-bond donors (Lipinski definition) is 2. The van der Waals surface area contributed by atoms with E-state index in [0.29, 0.717) is 27.7 Å². The van der Waals surface area contributed by atoms with E-state index in [9.17, 15) is 9.18 Å². The molecule has 0 bridgehead atoms. The Morgan fingerprint density at radius 2 is 2.00 bits per heavy atom. The zero-order valence-corrected chi connectivity index (χ0v) is 11.9. The van der Waals surface area contributed by atoms with Crippen molar-refractivity contribution in [1.82, 2.24) is 4.98 Å². The van der Waals surface area contributed by atoms with Crippen LogP contribution in [0.4, 0.5) is 10.1 Å². The van der Waals surface area contributed by atoms with Crippen molar-refractivity contribution >= 4 is 38.3 Å². The number of carbonyl (C=O) groups is 1. The molecule has 0 saturated heterocycles. The van der Waals surface area contributed by atoms with Crippen molar-refractivity contribution in [3.63, 3.8) is 0 Å². The average Bonchev–Trinajstić information content (AvgIpc) is 2.79. The fraction of sp³-hybridized carbons (Fsp3) is 0. The molecule has 0 radical (unpaired) electrons. The van der Waals surface area contributed by atoms with Gasteiger partial charge in [0, 0.05) is 38.4 Å². The maximum Gasteiger partial charge on any atom is 0.195 e. The van der Waals surface area contributed by atoms with Gasteiger partial charge in [0.1, 0.15) is 5.82 Å². The number of hydrogen-bond acceptors (Lipinski definition) is 2. The van der Waals surface area contributed by atoms with E-state index in [1.54, 1.807) is 30.5 Å². The molecular weight excluding hydrogens is 323 g/mol. The van der Waals surface area contributed by atoms with E-state index < -0.39 is 0 Å². The van der Waals surface area contributed by atoms with Crippen molar-refractivity contribution in [2.75, 3.05) is 5.73 Å². The Labute approximate surface area is 122 Å². The summed E-state index contributed by atoms with van der Waals surface area (Å²) in [6.45, 7) is 0. The second kappa shape index (κ2) is 4.76. The molecule has 100 valence electrons. The van der Waals surface area contributed by atoms with Crippen molar-refractivity contribution in [2.24, 2.45) is 0 Å². The molecule has 0 spiro atoms. The number of aromatic amines is 1. The van der Waals surface area contributed by atoms with Crippen LogP contribution in [0, 0.1) is 5.82 Å². The molecule has 1 heterocycles. The average molecular weight is 333 g/mol. The molecule has 3 N–H and O–H groups in total. The Balaban J connectivity index is 2.12. The summed E-state index contributed by atoms with van der Waals surface area (Å²) in [5, 5.41) is 0.690. The minimum atomic E-state index is -0.343. The van der Waals surface area contributed by atoms with Crippen LogP contribution in [-0.2, 0) is 0 Å². The minimum Gasteiger partial charge on any atom is -0.399 e. The molecule has 20 heavy (non-hydrogen) atoms. The standard InChI is InChI=1S/C15H10BrFN2O/c16-9-3-8(4-11(18)5-9)15(20)13-7-19-14-6-10(17)1-2-12(13)14/h1-7,19H,18H2. The highest BCUT2D eigenvalue weighted by Gasteiger charge is 2.15. The van der Waals surface area contributed by atoms with Gasteiger partial charge in [0.2, 0.25) is 0 Å². The van der Waals surface area contributed by atoms with E-state index in [1.165, 1.54) is 12.1 Å². The smallest absolute Gasteiger partial charge is 0.195 e. The lowest BCUT2D eigenvalue weighted by Gasteiger charge is -2.03. The quantitative estimate of drug-likeness (QED) is 0.552. The van der Waals surface area contributed by atoms with Crippen LogP contribution in [0.3, 0.4) is 0 Å². The number of nitrogens with two attached hydrogens (primary N) is 1. The molecule has 0 amide bonds. The highest BCUT2D eigenvalue weighted by molar-refractivity contribution is 9.10. The lowest BCUT2D eigenvalue weighted by molar-refractivity contribution is 0.104. The van der Waals surface area contributed by atoms with E-state index in [-0.39, 0.29) is 11.6 Å². The zero-order valence-electron chi connectivity index (χ0n) is 10.3. The van der Waals surface area contributed by atoms with Crippen LogP contribution in [0.25, 0.3) is 10.9 Å². The summed E-state index contributed by atoms with van der Waals surface area (Å²) in [7, 11) is 0. The first-order valence-corrected chi connectivity index (χ1v) is 6.71. The van der Waals surface area contributed by atoms with Gasteiger partial charge in [-0.2, -0.15) is 0 Å². The van der Waals surface area contributed by atoms with Gasteiger partial charge in [-0.3, -0.25) is 4.79 Å². The molecule has 3 nitrogen and oxygen atoms in total. The van der Waals surface area contributed by atoms with Crippen LogP contribution in [0.15, 0.2) is 47.1 Å². The summed E-state index contributed by atoms with van der Waals surface area (Å²) in [6.07, 6.45) is 1.59. The number of benzene rings is 2. The zero-order chi connectivity index (χ0) is 14.3. The van der Waals surface area contributed by atoms with Gasteiger partial charge in [-0.25, -0.2) is 4.39 Å². The maximum absolute atomic E-state index is 13.1. The number of ketones is 1. The fourth-order valence-corrected chi connectivity index (χ4v) is 2.70. The summed E-state index contributed by atoms with van der Waals surface area (Å²) in [4.78, 5) is 15.4. The van der Waals surface area contributed by atoms with Crippen LogP contribution in [-0.4, -0.2) is 10.8 Å². The maximum atomic E-state index is 13.1. The first kappa shape index (κ1) is 12.9. The molecule has 0 fully saturated rings. The topological polar surface area (TPSA) is 58.9 Å². The van der Waals surface area contributed by atoms with Gasteiger partial charge in [-0.15, -0.1) is 0 Å². The highest BCUT2D eigenvalue weighted by atomic mass is 79.9. The minimum absolute atomic E-state index is 0.157. The summed E-state index contributed by atoms with van der Waals surface area (Å²) < 4.78 is 13.9. The molecule has 0 saturated carbocycles. The number of aromatic nitrogens is 1. The predicted molar refractivity (Wildman–Crippen MR) is 80.2 cm³/mol. The molecule has 5 heteroatoms. The van der Waals surface area contributed by atoms with Crippen molar-refractivity contribution in [2.45, 2.75) is 0 Å². The largest absolute Gasteiger partial charge is 0.399 e. The van der Waals surface area contributed by atoms with Gasteiger partial charge in [-0.05, 0) is 36.4 Å². The number of fused-ring (bicyclic) bond motifs is 1. The Morgan fingerprint density at radius 3 is 2.75 bits per heavy atom. The Hall–Kier alpha value is -2.14. The molecule has 1 aromatic heterocycles. The van der Waals surface area contributed by atoms with Crippen molar-refractivity contribution in [3.8, 4) is 0 Å². The fourth-order valence-electron chi connectivity index (χ4n) is 2.19. The predicted octanol–water partition coefficient (Wildman–Crippen LogP) is 3.88. The summed E-state index contributed by atoms with van der Waals surface area (Å²) in [5.41, 5.74) is 7.83. The molecule has 0 atom stereocenters. The van der Waals surface area contributed by atoms with E-state index in [4.69, 9.17) is 5.73 Å². The number of carbonyl (C=O) groups excluding carboxylic acids is 1. The van der Waals surface area contributed by atoms with E-state index in [1.807, 2.05) is 0 Å². The van der Waals surface area contributed by atoms with Crippen LogP contribution >= 0.6 is 15.9 Å². The van der Waals surface area contributed by atoms with Gasteiger partial charge in [0.25, 0.3) is 0 Å². The molecule has 2 aromatic carbocycles. The Morgan fingerprint density at radius 1 is 1.20 bits per heavy atom. The second-order valence-corrected chi connectivity index (χ2v) is 5.41. The number of nitrogen functional groups attached to an aromatic ring is 1. The van der Waals surface area contributed by atoms with Crippen LogP contribution < -0.4 is 5.73 Å².